The maximum atomic E-state index is 12.8. The molecule has 0 saturated carbocycles. The summed E-state index contributed by atoms with van der Waals surface area (Å²) in [4.78, 5) is 26.7. The van der Waals surface area contributed by atoms with E-state index in [2.05, 4.69) is 0 Å². The Labute approximate surface area is 166 Å². The first-order valence-electron chi connectivity index (χ1n) is 9.09. The molecule has 5 heteroatoms. The molecule has 2 aromatic carbocycles. The fourth-order valence-electron chi connectivity index (χ4n) is 3.36. The number of aromatic nitrogens is 1. The van der Waals surface area contributed by atoms with Crippen molar-refractivity contribution < 1.29 is 9.53 Å². The van der Waals surface area contributed by atoms with Gasteiger partial charge in [0.15, 0.2) is 0 Å². The zero-order valence-electron chi connectivity index (χ0n) is 15.6. The second kappa shape index (κ2) is 7.44. The van der Waals surface area contributed by atoms with Crippen LogP contribution in [0.4, 0.5) is 0 Å². The van der Waals surface area contributed by atoms with Crippen LogP contribution in [-0.2, 0) is 4.74 Å². The van der Waals surface area contributed by atoms with Crippen molar-refractivity contribution >= 4 is 27.5 Å². The van der Waals surface area contributed by atoms with E-state index in [0.717, 1.165) is 32.6 Å². The molecule has 4 nitrogen and oxygen atoms in total. The third-order valence-electron chi connectivity index (χ3n) is 4.63. The molecule has 4 aromatic rings. The number of ether oxygens (including phenoxy) is 1. The van der Waals surface area contributed by atoms with Crippen LogP contribution in [0.25, 0.3) is 27.0 Å². The van der Waals surface area contributed by atoms with Gasteiger partial charge in [0, 0.05) is 17.0 Å². The van der Waals surface area contributed by atoms with Gasteiger partial charge in [-0.25, -0.2) is 4.79 Å². The van der Waals surface area contributed by atoms with Crippen molar-refractivity contribution in [2.24, 2.45) is 0 Å². The zero-order chi connectivity index (χ0) is 19.7. The van der Waals surface area contributed by atoms with Crippen molar-refractivity contribution in [1.29, 1.82) is 0 Å². The molecule has 140 valence electrons. The van der Waals surface area contributed by atoms with Crippen molar-refractivity contribution in [2.75, 3.05) is 6.61 Å². The molecule has 28 heavy (non-hydrogen) atoms. The average molecular weight is 389 g/mol. The fourth-order valence-corrected chi connectivity index (χ4v) is 4.59. The lowest BCUT2D eigenvalue weighted by Gasteiger charge is -2.09. The third kappa shape index (κ3) is 3.04. The molecular formula is C23H19NO3S. The van der Waals surface area contributed by atoms with Gasteiger partial charge in [0.05, 0.1) is 12.3 Å². The van der Waals surface area contributed by atoms with Gasteiger partial charge in [-0.3, -0.25) is 9.36 Å². The van der Waals surface area contributed by atoms with Gasteiger partial charge < -0.3 is 4.74 Å². The summed E-state index contributed by atoms with van der Waals surface area (Å²) in [6.07, 6.45) is 0. The highest BCUT2D eigenvalue weighted by molar-refractivity contribution is 7.21. The average Bonchev–Trinajstić information content (AvgIpc) is 3.08. The van der Waals surface area contributed by atoms with E-state index in [1.807, 2.05) is 61.5 Å². The molecule has 0 bridgehead atoms. The molecule has 2 heterocycles. The summed E-state index contributed by atoms with van der Waals surface area (Å²) in [6, 6.07) is 20.8. The molecule has 0 aliphatic carbocycles. The predicted molar refractivity (Wildman–Crippen MR) is 114 cm³/mol. The Kier molecular flexibility index (Phi) is 4.84. The number of rotatable bonds is 4. The van der Waals surface area contributed by atoms with Crippen LogP contribution in [0.3, 0.4) is 0 Å². The van der Waals surface area contributed by atoms with Gasteiger partial charge in [0.2, 0.25) is 0 Å². The largest absolute Gasteiger partial charge is 0.462 e. The van der Waals surface area contributed by atoms with Crippen molar-refractivity contribution in [3.8, 4) is 16.8 Å². The molecule has 0 aliphatic rings. The number of esters is 1. The van der Waals surface area contributed by atoms with Gasteiger partial charge in [-0.05, 0) is 43.2 Å². The molecule has 0 amide bonds. The second-order valence-corrected chi connectivity index (χ2v) is 7.40. The van der Waals surface area contributed by atoms with E-state index in [4.69, 9.17) is 4.74 Å². The normalized spacial score (nSPS) is 10.9. The maximum absolute atomic E-state index is 12.8. The molecule has 0 fully saturated rings. The standard InChI is InChI=1S/C23H19NO3S/c1-3-27-23(26)21-20(17-12-8-7-9-15(17)2)18-13-14-19(25)24(22(18)28-21)16-10-5-4-6-11-16/h4-14H,3H2,1-2H3. The highest BCUT2D eigenvalue weighted by Gasteiger charge is 2.24. The monoisotopic (exact) mass is 389 g/mol. The number of hydrogen-bond acceptors (Lipinski definition) is 4. The second-order valence-electron chi connectivity index (χ2n) is 6.40. The first-order valence-corrected chi connectivity index (χ1v) is 9.90. The minimum atomic E-state index is -0.367. The number of aryl methyl sites for hydroxylation is 1. The van der Waals surface area contributed by atoms with Gasteiger partial charge in [0.1, 0.15) is 9.71 Å². The number of benzene rings is 2. The van der Waals surface area contributed by atoms with Crippen molar-refractivity contribution in [1.82, 2.24) is 4.57 Å². The topological polar surface area (TPSA) is 48.3 Å². The first kappa shape index (κ1) is 18.2. The molecule has 0 atom stereocenters. The fraction of sp³-hybridized carbons (Fsp3) is 0.130. The Hall–Kier alpha value is -3.18. The number of thiophene rings is 1. The van der Waals surface area contributed by atoms with Gasteiger partial charge >= 0.3 is 5.97 Å². The van der Waals surface area contributed by atoms with Crippen LogP contribution in [0, 0.1) is 6.92 Å². The highest BCUT2D eigenvalue weighted by atomic mass is 32.1. The third-order valence-corrected chi connectivity index (χ3v) is 5.80. The highest BCUT2D eigenvalue weighted by Crippen LogP contribution is 2.40. The Balaban J connectivity index is 2.10. The van der Waals surface area contributed by atoms with E-state index in [1.165, 1.54) is 11.3 Å². The smallest absolute Gasteiger partial charge is 0.349 e. The Morgan fingerprint density at radius 1 is 1.00 bits per heavy atom. The van der Waals surface area contributed by atoms with Crippen LogP contribution >= 0.6 is 11.3 Å². The van der Waals surface area contributed by atoms with E-state index >= 15 is 0 Å². The summed E-state index contributed by atoms with van der Waals surface area (Å²) in [6.45, 7) is 4.10. The van der Waals surface area contributed by atoms with Crippen LogP contribution in [-0.4, -0.2) is 17.1 Å². The number of carbonyl (C=O) groups is 1. The van der Waals surface area contributed by atoms with Gasteiger partial charge in [0.25, 0.3) is 5.56 Å². The van der Waals surface area contributed by atoms with Crippen LogP contribution in [0.2, 0.25) is 0 Å². The van der Waals surface area contributed by atoms with E-state index in [0.29, 0.717) is 11.5 Å². The zero-order valence-corrected chi connectivity index (χ0v) is 16.5. The summed E-state index contributed by atoms with van der Waals surface area (Å²) in [5.74, 6) is -0.367. The van der Waals surface area contributed by atoms with E-state index in [1.54, 1.807) is 23.6 Å². The molecule has 4 rings (SSSR count). The Morgan fingerprint density at radius 3 is 2.43 bits per heavy atom. The Morgan fingerprint density at radius 2 is 1.71 bits per heavy atom. The van der Waals surface area contributed by atoms with Crippen LogP contribution in [0.5, 0.6) is 0 Å². The van der Waals surface area contributed by atoms with Gasteiger partial charge in [-0.1, -0.05) is 42.5 Å². The molecule has 0 radical (unpaired) electrons. The number of nitrogens with zero attached hydrogens (tertiary/aromatic N) is 1. The lowest BCUT2D eigenvalue weighted by Crippen LogP contribution is -2.16. The number of hydrogen-bond donors (Lipinski definition) is 0. The predicted octanol–water partition coefficient (Wildman–Crippen LogP) is 5.20. The number of para-hydroxylation sites is 1. The number of carbonyl (C=O) groups excluding carboxylic acids is 1. The van der Waals surface area contributed by atoms with E-state index in [-0.39, 0.29) is 11.5 Å². The lowest BCUT2D eigenvalue weighted by molar-refractivity contribution is 0.0533. The quantitative estimate of drug-likeness (QED) is 0.451. The summed E-state index contributed by atoms with van der Waals surface area (Å²) in [5.41, 5.74) is 3.49. The Bertz CT molecular complexity index is 1220. The van der Waals surface area contributed by atoms with Crippen LogP contribution < -0.4 is 5.56 Å². The molecule has 0 spiro atoms. The van der Waals surface area contributed by atoms with E-state index in [9.17, 15) is 9.59 Å². The van der Waals surface area contributed by atoms with Crippen LogP contribution in [0.15, 0.2) is 71.5 Å². The molecule has 0 N–H and O–H groups in total. The van der Waals surface area contributed by atoms with Crippen molar-refractivity contribution in [3.05, 3.63) is 87.5 Å². The minimum Gasteiger partial charge on any atom is -0.462 e. The summed E-state index contributed by atoms with van der Waals surface area (Å²) in [5, 5.41) is 0.866. The van der Waals surface area contributed by atoms with Crippen molar-refractivity contribution in [3.63, 3.8) is 0 Å². The SMILES string of the molecule is CCOC(=O)c1sc2c(ccc(=O)n2-c2ccccc2)c1-c1ccccc1C. The van der Waals surface area contributed by atoms with Crippen molar-refractivity contribution in [2.45, 2.75) is 13.8 Å². The van der Waals surface area contributed by atoms with Gasteiger partial charge in [-0.2, -0.15) is 0 Å². The lowest BCUT2D eigenvalue weighted by atomic mass is 9.98. The maximum Gasteiger partial charge on any atom is 0.349 e. The molecule has 0 saturated heterocycles. The number of fused-ring (bicyclic) bond motifs is 1. The van der Waals surface area contributed by atoms with E-state index < -0.39 is 0 Å². The molecular weight excluding hydrogens is 370 g/mol. The summed E-state index contributed by atoms with van der Waals surface area (Å²) in [7, 11) is 0. The van der Waals surface area contributed by atoms with Crippen LogP contribution in [0.1, 0.15) is 22.2 Å². The molecule has 2 aromatic heterocycles. The first-order chi connectivity index (χ1) is 13.6. The number of pyridine rings is 1. The minimum absolute atomic E-state index is 0.133. The summed E-state index contributed by atoms with van der Waals surface area (Å²) >= 11 is 1.30. The summed E-state index contributed by atoms with van der Waals surface area (Å²) < 4.78 is 6.98. The molecule has 0 aliphatic heterocycles. The van der Waals surface area contributed by atoms with Gasteiger partial charge in [-0.15, -0.1) is 11.3 Å². The molecule has 0 unspecified atom stereocenters.